The number of pyridine rings is 1. The van der Waals surface area contributed by atoms with Crippen LogP contribution in [-0.4, -0.2) is 29.3 Å². The summed E-state index contributed by atoms with van der Waals surface area (Å²) in [7, 11) is 1.89. The smallest absolute Gasteiger partial charge is 0.121 e. The molecule has 1 fully saturated rings. The summed E-state index contributed by atoms with van der Waals surface area (Å²) in [6, 6.07) is 20.7. The van der Waals surface area contributed by atoms with E-state index in [1.807, 2.05) is 49.6 Å². The van der Waals surface area contributed by atoms with E-state index in [0.29, 0.717) is 6.61 Å². The minimum atomic E-state index is -0.466. The molecule has 1 heterocycles. The Hall–Kier alpha value is -2.79. The highest BCUT2D eigenvalue weighted by atomic mass is 32.1. The van der Waals surface area contributed by atoms with Gasteiger partial charge in [0, 0.05) is 25.1 Å². The van der Waals surface area contributed by atoms with Gasteiger partial charge in [0.2, 0.25) is 0 Å². The number of nitrogens with zero attached hydrogens (tertiary/aromatic N) is 2. The fourth-order valence-electron chi connectivity index (χ4n) is 4.30. The molecular formula is C25H27N3OS. The molecule has 0 radical (unpaired) electrons. The van der Waals surface area contributed by atoms with Gasteiger partial charge in [0.15, 0.2) is 0 Å². The number of aromatic nitrogens is 1. The number of rotatable bonds is 6. The Morgan fingerprint density at radius 2 is 1.93 bits per heavy atom. The standard InChI is InChI=1S/C25H27N3OS/c1-26-24(30)25(21-17-20-11-5-6-12-22(20)27-18-21)15-8-7-13-23(25)28-29-16-14-19-9-3-2-4-10-19/h2-6,9-12,17-18H,7-8,13-16H2,1H3,(H,26,30)/b28-23+. The third-order valence-corrected chi connectivity index (χ3v) is 6.46. The van der Waals surface area contributed by atoms with E-state index >= 15 is 0 Å². The second-order valence-corrected chi connectivity index (χ2v) is 8.12. The molecule has 3 aromatic rings. The van der Waals surface area contributed by atoms with Gasteiger partial charge in [0.05, 0.1) is 21.6 Å². The average Bonchev–Trinajstić information content (AvgIpc) is 2.82. The lowest BCUT2D eigenvalue weighted by atomic mass is 9.68. The molecule has 0 amide bonds. The van der Waals surface area contributed by atoms with Crippen LogP contribution in [0.5, 0.6) is 0 Å². The van der Waals surface area contributed by atoms with Crippen LogP contribution in [0.3, 0.4) is 0 Å². The lowest BCUT2D eigenvalue weighted by Gasteiger charge is -2.38. The van der Waals surface area contributed by atoms with Crippen LogP contribution in [0.1, 0.15) is 36.8 Å². The normalized spacial score (nSPS) is 20.2. The van der Waals surface area contributed by atoms with Crippen molar-refractivity contribution in [3.05, 3.63) is 78.0 Å². The lowest BCUT2D eigenvalue weighted by Crippen LogP contribution is -2.50. The molecule has 30 heavy (non-hydrogen) atoms. The summed E-state index contributed by atoms with van der Waals surface area (Å²) in [5.41, 5.74) is 3.85. The summed E-state index contributed by atoms with van der Waals surface area (Å²) in [5, 5.41) is 8.99. The molecule has 2 aromatic carbocycles. The number of oxime groups is 1. The number of hydrogen-bond donors (Lipinski definition) is 1. The van der Waals surface area contributed by atoms with E-state index in [1.54, 1.807) is 0 Å². The van der Waals surface area contributed by atoms with Gasteiger partial charge in [-0.1, -0.05) is 72.3 Å². The van der Waals surface area contributed by atoms with Crippen LogP contribution >= 0.6 is 12.2 Å². The van der Waals surface area contributed by atoms with Crippen molar-refractivity contribution < 1.29 is 4.84 Å². The number of likely N-dealkylation sites (N-methyl/N-ethyl adjacent to an activating group) is 1. The molecule has 4 nitrogen and oxygen atoms in total. The summed E-state index contributed by atoms with van der Waals surface area (Å²) in [5.74, 6) is 0. The fourth-order valence-corrected chi connectivity index (χ4v) is 4.64. The van der Waals surface area contributed by atoms with E-state index < -0.39 is 5.41 Å². The molecule has 154 valence electrons. The largest absolute Gasteiger partial charge is 0.395 e. The minimum absolute atomic E-state index is 0.466. The van der Waals surface area contributed by atoms with Crippen LogP contribution in [0, 0.1) is 0 Å². The van der Waals surface area contributed by atoms with E-state index in [-0.39, 0.29) is 0 Å². The van der Waals surface area contributed by atoms with E-state index in [0.717, 1.165) is 59.3 Å². The second kappa shape index (κ2) is 9.35. The zero-order chi connectivity index (χ0) is 20.8. The SMILES string of the molecule is CNC(=S)C1(c2cnc3ccccc3c2)CCCC/C1=N\OCCc1ccccc1. The summed E-state index contributed by atoms with van der Waals surface area (Å²) in [6.45, 7) is 0.547. The van der Waals surface area contributed by atoms with Crippen molar-refractivity contribution in [1.29, 1.82) is 0 Å². The molecule has 1 atom stereocenters. The van der Waals surface area contributed by atoms with Gasteiger partial charge in [0.1, 0.15) is 6.61 Å². The zero-order valence-corrected chi connectivity index (χ0v) is 18.1. The number of nitrogens with one attached hydrogen (secondary N) is 1. The summed E-state index contributed by atoms with van der Waals surface area (Å²) in [6.07, 6.45) is 6.76. The highest BCUT2D eigenvalue weighted by Gasteiger charge is 2.44. The average molecular weight is 418 g/mol. The van der Waals surface area contributed by atoms with E-state index in [1.165, 1.54) is 5.56 Å². The molecular weight excluding hydrogens is 390 g/mol. The zero-order valence-electron chi connectivity index (χ0n) is 17.3. The Kier molecular flexibility index (Phi) is 6.38. The Morgan fingerprint density at radius 3 is 2.77 bits per heavy atom. The number of para-hydroxylation sites is 1. The number of benzene rings is 2. The van der Waals surface area contributed by atoms with Crippen LogP contribution in [0.4, 0.5) is 0 Å². The summed E-state index contributed by atoms with van der Waals surface area (Å²) < 4.78 is 0. The van der Waals surface area contributed by atoms with Gasteiger partial charge in [-0.25, -0.2) is 0 Å². The quantitative estimate of drug-likeness (QED) is 0.340. The monoisotopic (exact) mass is 417 g/mol. The summed E-state index contributed by atoms with van der Waals surface area (Å²) >= 11 is 5.85. The van der Waals surface area contributed by atoms with Crippen molar-refractivity contribution in [2.45, 2.75) is 37.5 Å². The molecule has 0 spiro atoms. The first-order valence-electron chi connectivity index (χ1n) is 10.5. The van der Waals surface area contributed by atoms with Crippen LogP contribution in [0.2, 0.25) is 0 Å². The van der Waals surface area contributed by atoms with Crippen molar-refractivity contribution in [3.8, 4) is 0 Å². The molecule has 1 saturated carbocycles. The van der Waals surface area contributed by atoms with Crippen molar-refractivity contribution in [2.24, 2.45) is 5.16 Å². The minimum Gasteiger partial charge on any atom is -0.395 e. The highest BCUT2D eigenvalue weighted by Crippen LogP contribution is 2.39. The van der Waals surface area contributed by atoms with Gasteiger partial charge in [-0.05, 0) is 42.5 Å². The molecule has 1 unspecified atom stereocenters. The maximum Gasteiger partial charge on any atom is 0.121 e. The van der Waals surface area contributed by atoms with Gasteiger partial charge >= 0.3 is 0 Å². The Bertz CT molecular complexity index is 1050. The van der Waals surface area contributed by atoms with Gasteiger partial charge in [-0.15, -0.1) is 0 Å². The molecule has 1 aliphatic rings. The first-order valence-corrected chi connectivity index (χ1v) is 11.0. The number of fused-ring (bicyclic) bond motifs is 1. The first kappa shape index (κ1) is 20.5. The Balaban J connectivity index is 1.65. The van der Waals surface area contributed by atoms with Crippen LogP contribution in [0.25, 0.3) is 10.9 Å². The lowest BCUT2D eigenvalue weighted by molar-refractivity contribution is 0.144. The van der Waals surface area contributed by atoms with Gasteiger partial charge in [-0.2, -0.15) is 0 Å². The molecule has 0 bridgehead atoms. The van der Waals surface area contributed by atoms with Gasteiger partial charge in [0.25, 0.3) is 0 Å². The van der Waals surface area contributed by atoms with Crippen molar-refractivity contribution in [2.75, 3.05) is 13.7 Å². The maximum atomic E-state index is 5.85. The third kappa shape index (κ3) is 4.08. The maximum absolute atomic E-state index is 5.85. The van der Waals surface area contributed by atoms with Gasteiger partial charge in [-0.3, -0.25) is 4.98 Å². The van der Waals surface area contributed by atoms with Crippen LogP contribution in [0.15, 0.2) is 72.0 Å². The van der Waals surface area contributed by atoms with E-state index in [9.17, 15) is 0 Å². The van der Waals surface area contributed by atoms with Crippen molar-refractivity contribution >= 4 is 33.8 Å². The molecule has 5 heteroatoms. The second-order valence-electron chi connectivity index (χ2n) is 7.72. The Morgan fingerprint density at radius 1 is 1.13 bits per heavy atom. The fraction of sp³-hybridized carbons (Fsp3) is 0.320. The predicted octanol–water partition coefficient (Wildman–Crippen LogP) is 5.21. The number of thiocarbonyl (C=S) groups is 1. The van der Waals surface area contributed by atoms with Crippen molar-refractivity contribution in [3.63, 3.8) is 0 Å². The van der Waals surface area contributed by atoms with E-state index in [4.69, 9.17) is 22.0 Å². The molecule has 1 aliphatic carbocycles. The summed E-state index contributed by atoms with van der Waals surface area (Å²) in [4.78, 5) is 11.3. The molecule has 1 N–H and O–H groups in total. The molecule has 1 aromatic heterocycles. The molecule has 4 rings (SSSR count). The van der Waals surface area contributed by atoms with Crippen LogP contribution < -0.4 is 5.32 Å². The first-order chi connectivity index (χ1) is 14.7. The molecule has 0 saturated heterocycles. The van der Waals surface area contributed by atoms with Gasteiger partial charge < -0.3 is 10.2 Å². The van der Waals surface area contributed by atoms with E-state index in [2.05, 4.69) is 34.7 Å². The third-order valence-electron chi connectivity index (χ3n) is 5.91. The van der Waals surface area contributed by atoms with Crippen molar-refractivity contribution in [1.82, 2.24) is 10.3 Å². The predicted molar refractivity (Wildman–Crippen MR) is 127 cm³/mol. The Labute approximate surface area is 183 Å². The topological polar surface area (TPSA) is 46.5 Å². The van der Waals surface area contributed by atoms with Crippen LogP contribution in [-0.2, 0) is 16.7 Å². The highest BCUT2D eigenvalue weighted by molar-refractivity contribution is 7.80. The molecule has 0 aliphatic heterocycles. The number of hydrogen-bond acceptors (Lipinski definition) is 4.